The summed E-state index contributed by atoms with van der Waals surface area (Å²) in [7, 11) is 1.76. The highest BCUT2D eigenvalue weighted by Crippen LogP contribution is 2.31. The Balaban J connectivity index is 1.67. The zero-order chi connectivity index (χ0) is 29.7. The number of nitrogens with zero attached hydrogens (tertiary/aromatic N) is 7. The Morgan fingerprint density at radius 1 is 1.17 bits per heavy atom. The smallest absolute Gasteiger partial charge is 0.410 e. The van der Waals surface area contributed by atoms with E-state index in [1.807, 2.05) is 47.0 Å². The summed E-state index contributed by atoms with van der Waals surface area (Å²) >= 11 is 0. The van der Waals surface area contributed by atoms with Gasteiger partial charge in [0, 0.05) is 45.5 Å². The number of methoxy groups -OCH3 is 1. The summed E-state index contributed by atoms with van der Waals surface area (Å²) in [5.74, 6) is 1.11. The van der Waals surface area contributed by atoms with Crippen LogP contribution in [0.1, 0.15) is 85.4 Å². The third-order valence-corrected chi connectivity index (χ3v) is 7.65. The Hall–Kier alpha value is -3.47. The molecule has 2 fully saturated rings. The molecule has 0 aromatic carbocycles. The van der Waals surface area contributed by atoms with Gasteiger partial charge in [0.1, 0.15) is 22.6 Å². The molecule has 1 unspecified atom stereocenters. The van der Waals surface area contributed by atoms with Crippen LogP contribution in [0.25, 0.3) is 16.7 Å². The van der Waals surface area contributed by atoms with E-state index in [2.05, 4.69) is 21.4 Å². The number of amidine groups is 1. The Bertz CT molecular complexity index is 1310. The van der Waals surface area contributed by atoms with Crippen molar-refractivity contribution in [3.8, 4) is 0 Å². The first kappa shape index (κ1) is 30.5. The van der Waals surface area contributed by atoms with Gasteiger partial charge in [-0.25, -0.2) is 19.8 Å². The molecular weight excluding hydrogens is 520 g/mol. The molecule has 2 aromatic heterocycles. The predicted molar refractivity (Wildman–Crippen MR) is 163 cm³/mol. The molecule has 0 bridgehead atoms. The minimum absolute atomic E-state index is 0.142. The van der Waals surface area contributed by atoms with Crippen molar-refractivity contribution in [2.24, 2.45) is 10.7 Å². The first-order valence-corrected chi connectivity index (χ1v) is 14.7. The number of carbonyl (C=O) groups is 1. The average Bonchev–Trinajstić information content (AvgIpc) is 3.38. The molecule has 2 aliphatic heterocycles. The van der Waals surface area contributed by atoms with E-state index in [9.17, 15) is 4.79 Å². The van der Waals surface area contributed by atoms with E-state index in [1.54, 1.807) is 18.2 Å². The SMILES string of the molecule is CC/C(C)=C/C(N)=N/C=C(\C)c1nc(N2CCCC(OC)C2)nc2c1ncn2C1CCN(C(=O)OC(C)(C)C)CC1. The number of anilines is 1. The molecule has 1 amide bonds. The average molecular weight is 567 g/mol. The molecule has 1 atom stereocenters. The van der Waals surface area contributed by atoms with Crippen LogP contribution in [-0.2, 0) is 9.47 Å². The number of rotatable bonds is 7. The highest BCUT2D eigenvalue weighted by atomic mass is 16.6. The molecule has 4 heterocycles. The number of ether oxygens (including phenoxy) is 2. The lowest BCUT2D eigenvalue weighted by Crippen LogP contribution is -2.42. The van der Waals surface area contributed by atoms with Crippen LogP contribution in [-0.4, -0.2) is 81.3 Å². The number of likely N-dealkylation sites (tertiary alicyclic amines) is 1. The lowest BCUT2D eigenvalue weighted by atomic mass is 10.1. The number of amides is 1. The number of hydrogen-bond acceptors (Lipinski definition) is 8. The first-order chi connectivity index (χ1) is 19.5. The number of nitrogens with two attached hydrogens (primary N) is 1. The van der Waals surface area contributed by atoms with Gasteiger partial charge in [0.15, 0.2) is 5.65 Å². The van der Waals surface area contributed by atoms with Crippen LogP contribution in [0.15, 0.2) is 29.2 Å². The van der Waals surface area contributed by atoms with Gasteiger partial charge in [-0.1, -0.05) is 12.5 Å². The molecule has 0 aliphatic carbocycles. The van der Waals surface area contributed by atoms with E-state index in [0.717, 1.165) is 67.6 Å². The fourth-order valence-corrected chi connectivity index (χ4v) is 5.18. The normalized spacial score (nSPS) is 20.2. The van der Waals surface area contributed by atoms with E-state index in [0.29, 0.717) is 24.9 Å². The van der Waals surface area contributed by atoms with Gasteiger partial charge in [-0.15, -0.1) is 0 Å². The maximum atomic E-state index is 12.6. The summed E-state index contributed by atoms with van der Waals surface area (Å²) < 4.78 is 13.4. The molecule has 11 heteroatoms. The molecule has 0 radical (unpaired) electrons. The zero-order valence-electron chi connectivity index (χ0n) is 25.7. The Kier molecular flexibility index (Phi) is 9.68. The van der Waals surface area contributed by atoms with Crippen molar-refractivity contribution in [3.05, 3.63) is 29.9 Å². The molecule has 2 aliphatic rings. The van der Waals surface area contributed by atoms with E-state index in [4.69, 9.17) is 30.2 Å². The maximum absolute atomic E-state index is 12.6. The van der Waals surface area contributed by atoms with Crippen LogP contribution < -0.4 is 10.6 Å². The van der Waals surface area contributed by atoms with Crippen LogP contribution in [0.5, 0.6) is 0 Å². The van der Waals surface area contributed by atoms with Gasteiger partial charge < -0.3 is 29.6 Å². The van der Waals surface area contributed by atoms with Crippen molar-refractivity contribution in [3.63, 3.8) is 0 Å². The molecule has 0 spiro atoms. The topological polar surface area (TPSA) is 124 Å². The lowest BCUT2D eigenvalue weighted by Gasteiger charge is -2.34. The predicted octanol–water partition coefficient (Wildman–Crippen LogP) is 5.09. The third-order valence-electron chi connectivity index (χ3n) is 7.65. The van der Waals surface area contributed by atoms with Gasteiger partial charge in [-0.3, -0.25) is 0 Å². The Morgan fingerprint density at radius 3 is 2.56 bits per heavy atom. The summed E-state index contributed by atoms with van der Waals surface area (Å²) in [5.41, 5.74) is 9.91. The van der Waals surface area contributed by atoms with E-state index >= 15 is 0 Å². The highest BCUT2D eigenvalue weighted by molar-refractivity contribution is 5.93. The summed E-state index contributed by atoms with van der Waals surface area (Å²) in [6.45, 7) is 14.6. The minimum atomic E-state index is -0.514. The van der Waals surface area contributed by atoms with Crippen molar-refractivity contribution < 1.29 is 14.3 Å². The number of piperidine rings is 2. The molecule has 224 valence electrons. The number of aromatic nitrogens is 4. The summed E-state index contributed by atoms with van der Waals surface area (Å²) in [5, 5.41) is 0. The lowest BCUT2D eigenvalue weighted by molar-refractivity contribution is 0.0189. The van der Waals surface area contributed by atoms with Gasteiger partial charge in [0.25, 0.3) is 0 Å². The number of hydrogen-bond donors (Lipinski definition) is 1. The maximum Gasteiger partial charge on any atom is 0.410 e. The molecule has 41 heavy (non-hydrogen) atoms. The number of fused-ring (bicyclic) bond motifs is 1. The van der Waals surface area contributed by atoms with Gasteiger partial charge in [0.05, 0.1) is 12.4 Å². The van der Waals surface area contributed by atoms with Crippen molar-refractivity contribution in [1.29, 1.82) is 0 Å². The number of carbonyl (C=O) groups excluding carboxylic acids is 1. The Labute approximate surface area is 243 Å². The largest absolute Gasteiger partial charge is 0.444 e. The molecular formula is C30H46N8O3. The second kappa shape index (κ2) is 13.0. The molecule has 2 aromatic rings. The quantitative estimate of drug-likeness (QED) is 0.363. The monoisotopic (exact) mass is 566 g/mol. The minimum Gasteiger partial charge on any atom is -0.444 e. The fourth-order valence-electron chi connectivity index (χ4n) is 5.18. The van der Waals surface area contributed by atoms with E-state index in [-0.39, 0.29) is 18.2 Å². The second-order valence-electron chi connectivity index (χ2n) is 12.1. The van der Waals surface area contributed by atoms with Crippen molar-refractivity contribution in [1.82, 2.24) is 24.4 Å². The van der Waals surface area contributed by atoms with Gasteiger partial charge in [-0.2, -0.15) is 4.98 Å². The first-order valence-electron chi connectivity index (χ1n) is 14.7. The molecule has 11 nitrogen and oxygen atoms in total. The van der Waals surface area contributed by atoms with Gasteiger partial charge in [0.2, 0.25) is 5.95 Å². The Morgan fingerprint density at radius 2 is 1.90 bits per heavy atom. The zero-order valence-corrected chi connectivity index (χ0v) is 25.7. The van der Waals surface area contributed by atoms with Crippen LogP contribution in [0, 0.1) is 0 Å². The van der Waals surface area contributed by atoms with Crippen LogP contribution in [0.2, 0.25) is 0 Å². The number of imidazole rings is 1. The van der Waals surface area contributed by atoms with Gasteiger partial charge in [-0.05, 0) is 78.4 Å². The standard InChI is InChI=1S/C30H46N8O3/c1-8-20(2)16-24(31)32-17-21(3)25-26-27(35-28(34-25)37-13-9-10-23(18-37)40-7)38(19-33-26)22-11-14-36(15-12-22)29(39)41-30(4,5)6/h16-17,19,22-23H,8-15,18H2,1-7H3,(H2,31,32)/b20-16+,21-17+. The van der Waals surface area contributed by atoms with Crippen molar-refractivity contribution in [2.45, 2.75) is 91.4 Å². The molecule has 2 saturated heterocycles. The van der Waals surface area contributed by atoms with Gasteiger partial charge >= 0.3 is 6.09 Å². The summed E-state index contributed by atoms with van der Waals surface area (Å²) in [4.78, 5) is 35.9. The van der Waals surface area contributed by atoms with Crippen LogP contribution >= 0.6 is 0 Å². The molecule has 4 rings (SSSR count). The third kappa shape index (κ3) is 7.63. The van der Waals surface area contributed by atoms with Crippen molar-refractivity contribution >= 4 is 34.6 Å². The summed E-state index contributed by atoms with van der Waals surface area (Å²) in [6.07, 6.45) is 9.90. The van der Waals surface area contributed by atoms with Crippen molar-refractivity contribution in [2.75, 3.05) is 38.2 Å². The highest BCUT2D eigenvalue weighted by Gasteiger charge is 2.30. The van der Waals surface area contributed by atoms with E-state index < -0.39 is 5.60 Å². The molecule has 2 N–H and O–H groups in total. The second-order valence-corrected chi connectivity index (χ2v) is 12.1. The number of allylic oxidation sites excluding steroid dienone is 2. The van der Waals surface area contributed by atoms with Crippen LogP contribution in [0.4, 0.5) is 10.7 Å². The molecule has 0 saturated carbocycles. The van der Waals surface area contributed by atoms with Crippen LogP contribution in [0.3, 0.4) is 0 Å². The van der Waals surface area contributed by atoms with E-state index in [1.165, 1.54) is 5.57 Å². The summed E-state index contributed by atoms with van der Waals surface area (Å²) in [6, 6.07) is 0.155. The fraction of sp³-hybridized carbons (Fsp3) is 0.633. The number of aliphatic imine (C=N–C) groups is 1.